The number of imide groups is 1. The molecule has 0 spiro atoms. The summed E-state index contributed by atoms with van der Waals surface area (Å²) in [6.07, 6.45) is 1.28. The van der Waals surface area contributed by atoms with E-state index < -0.39 is 0 Å². The maximum absolute atomic E-state index is 12.9. The Morgan fingerprint density at radius 1 is 0.833 bits per heavy atom. The molecule has 30 heavy (non-hydrogen) atoms. The molecule has 0 atom stereocenters. The Hall–Kier alpha value is -3.58. The zero-order chi connectivity index (χ0) is 20.5. The molecular formula is C23H18N4O2S. The number of anilines is 2. The Bertz CT molecular complexity index is 1200. The first kappa shape index (κ1) is 18.4. The van der Waals surface area contributed by atoms with Crippen LogP contribution in [-0.4, -0.2) is 33.5 Å². The van der Waals surface area contributed by atoms with Crippen LogP contribution in [0.5, 0.6) is 0 Å². The lowest BCUT2D eigenvalue weighted by atomic mass is 9.94. The van der Waals surface area contributed by atoms with E-state index in [4.69, 9.17) is 0 Å². The van der Waals surface area contributed by atoms with Crippen molar-refractivity contribution in [3.63, 3.8) is 0 Å². The maximum Gasteiger partial charge on any atom is 0.261 e. The highest BCUT2D eigenvalue weighted by atomic mass is 32.1. The molecule has 4 aromatic rings. The van der Waals surface area contributed by atoms with Gasteiger partial charge in [0, 0.05) is 35.2 Å². The van der Waals surface area contributed by atoms with Crippen molar-refractivity contribution in [1.29, 1.82) is 0 Å². The monoisotopic (exact) mass is 414 g/mol. The van der Waals surface area contributed by atoms with E-state index in [0.717, 1.165) is 26.6 Å². The fourth-order valence-electron chi connectivity index (χ4n) is 3.72. The second-order valence-electron chi connectivity index (χ2n) is 7.07. The van der Waals surface area contributed by atoms with Crippen molar-refractivity contribution in [2.45, 2.75) is 12.8 Å². The van der Waals surface area contributed by atoms with Gasteiger partial charge in [-0.25, -0.2) is 0 Å². The molecule has 6 nitrogen and oxygen atoms in total. The summed E-state index contributed by atoms with van der Waals surface area (Å²) < 4.78 is 0. The molecule has 0 fully saturated rings. The average molecular weight is 414 g/mol. The molecule has 0 bridgehead atoms. The molecular weight excluding hydrogens is 396 g/mol. The lowest BCUT2D eigenvalue weighted by molar-refractivity contribution is 0.0609. The lowest BCUT2D eigenvalue weighted by Gasteiger charge is -2.27. The van der Waals surface area contributed by atoms with Crippen molar-refractivity contribution >= 4 is 44.7 Å². The standard InChI is InChI=1S/C23H18N4O2S/c28-21-17-11-4-7-15-8-5-12-18(20(15)17)22(29)27(21)14-6-13-19-25-26-23(30-19)24-16-9-2-1-3-10-16/h1-5,7-12H,6,13-14H2,(H,24,26). The van der Waals surface area contributed by atoms with Gasteiger partial charge in [0.15, 0.2) is 0 Å². The number of nitrogens with zero attached hydrogens (tertiary/aromatic N) is 3. The molecule has 1 aliphatic rings. The van der Waals surface area contributed by atoms with Crippen molar-refractivity contribution < 1.29 is 9.59 Å². The molecule has 148 valence electrons. The molecule has 2 amide bonds. The fourth-order valence-corrected chi connectivity index (χ4v) is 4.52. The molecule has 3 aromatic carbocycles. The van der Waals surface area contributed by atoms with Gasteiger partial charge < -0.3 is 5.32 Å². The Balaban J connectivity index is 1.26. The minimum absolute atomic E-state index is 0.229. The summed E-state index contributed by atoms with van der Waals surface area (Å²) in [4.78, 5) is 27.2. The van der Waals surface area contributed by atoms with E-state index in [-0.39, 0.29) is 11.8 Å². The van der Waals surface area contributed by atoms with E-state index >= 15 is 0 Å². The van der Waals surface area contributed by atoms with Crippen LogP contribution in [0, 0.1) is 0 Å². The number of hydrogen-bond acceptors (Lipinski definition) is 6. The summed E-state index contributed by atoms with van der Waals surface area (Å²) in [6.45, 7) is 0.351. The number of rotatable bonds is 6. The van der Waals surface area contributed by atoms with Crippen LogP contribution in [0.15, 0.2) is 66.7 Å². The second-order valence-corrected chi connectivity index (χ2v) is 8.13. The first-order chi connectivity index (χ1) is 14.7. The Kier molecular flexibility index (Phi) is 4.72. The van der Waals surface area contributed by atoms with E-state index in [0.29, 0.717) is 30.5 Å². The predicted molar refractivity (Wildman–Crippen MR) is 117 cm³/mol. The zero-order valence-electron chi connectivity index (χ0n) is 16.0. The van der Waals surface area contributed by atoms with Gasteiger partial charge in [0.1, 0.15) is 5.01 Å². The minimum Gasteiger partial charge on any atom is -0.330 e. The van der Waals surface area contributed by atoms with E-state index in [1.165, 1.54) is 16.2 Å². The van der Waals surface area contributed by atoms with E-state index in [9.17, 15) is 9.59 Å². The predicted octanol–water partition coefficient (Wildman–Crippen LogP) is 4.66. The number of hydrogen-bond donors (Lipinski definition) is 1. The highest BCUT2D eigenvalue weighted by molar-refractivity contribution is 7.15. The summed E-state index contributed by atoms with van der Waals surface area (Å²) in [5.74, 6) is -0.457. The fraction of sp³-hybridized carbons (Fsp3) is 0.130. The number of carbonyl (C=O) groups is 2. The molecule has 0 saturated heterocycles. The lowest BCUT2D eigenvalue weighted by Crippen LogP contribution is -2.41. The topological polar surface area (TPSA) is 75.2 Å². The minimum atomic E-state index is -0.229. The molecule has 0 radical (unpaired) electrons. The van der Waals surface area contributed by atoms with Gasteiger partial charge in [-0.1, -0.05) is 53.8 Å². The third-order valence-corrected chi connectivity index (χ3v) is 6.02. The number of benzene rings is 3. The summed E-state index contributed by atoms with van der Waals surface area (Å²) in [5.41, 5.74) is 2.14. The number of aryl methyl sites for hydroxylation is 1. The Morgan fingerprint density at radius 3 is 2.23 bits per heavy atom. The van der Waals surface area contributed by atoms with Crippen LogP contribution >= 0.6 is 11.3 Å². The van der Waals surface area contributed by atoms with Crippen molar-refractivity contribution in [3.8, 4) is 0 Å². The van der Waals surface area contributed by atoms with Gasteiger partial charge in [-0.15, -0.1) is 10.2 Å². The number of aromatic nitrogens is 2. The van der Waals surface area contributed by atoms with Gasteiger partial charge in [-0.05, 0) is 36.1 Å². The number of carbonyl (C=O) groups excluding carboxylic acids is 2. The zero-order valence-corrected chi connectivity index (χ0v) is 16.9. The molecule has 0 unspecified atom stereocenters. The molecule has 1 aromatic heterocycles. The Labute approximate surface area is 177 Å². The van der Waals surface area contributed by atoms with Gasteiger partial charge in [0.2, 0.25) is 5.13 Å². The van der Waals surface area contributed by atoms with Gasteiger partial charge in [-0.3, -0.25) is 14.5 Å². The Morgan fingerprint density at radius 2 is 1.53 bits per heavy atom. The van der Waals surface area contributed by atoms with Crippen LogP contribution in [0.1, 0.15) is 32.1 Å². The summed E-state index contributed by atoms with van der Waals surface area (Å²) in [7, 11) is 0. The van der Waals surface area contributed by atoms with Gasteiger partial charge in [0.05, 0.1) is 0 Å². The first-order valence-corrected chi connectivity index (χ1v) is 10.5. The third kappa shape index (κ3) is 3.33. The summed E-state index contributed by atoms with van der Waals surface area (Å²) >= 11 is 1.48. The molecule has 1 aliphatic heterocycles. The van der Waals surface area contributed by atoms with Gasteiger partial charge in [0.25, 0.3) is 11.8 Å². The van der Waals surface area contributed by atoms with Crippen molar-refractivity contribution in [2.75, 3.05) is 11.9 Å². The third-order valence-electron chi connectivity index (χ3n) is 5.12. The average Bonchev–Trinajstić information content (AvgIpc) is 3.22. The van der Waals surface area contributed by atoms with Crippen LogP contribution in [0.2, 0.25) is 0 Å². The van der Waals surface area contributed by atoms with Crippen molar-refractivity contribution in [2.24, 2.45) is 0 Å². The maximum atomic E-state index is 12.9. The molecule has 0 saturated carbocycles. The number of para-hydroxylation sites is 1. The van der Waals surface area contributed by atoms with E-state index in [2.05, 4.69) is 15.5 Å². The smallest absolute Gasteiger partial charge is 0.261 e. The van der Waals surface area contributed by atoms with Gasteiger partial charge >= 0.3 is 0 Å². The molecule has 0 aliphatic carbocycles. The first-order valence-electron chi connectivity index (χ1n) is 9.73. The SMILES string of the molecule is O=C1c2cccc3cccc(c23)C(=O)N1CCCc1nnc(Nc2ccccc2)s1. The molecule has 2 heterocycles. The number of amides is 2. The second kappa shape index (κ2) is 7.68. The normalized spacial score (nSPS) is 13.1. The molecule has 1 N–H and O–H groups in total. The van der Waals surface area contributed by atoms with Crippen LogP contribution in [0.4, 0.5) is 10.8 Å². The number of nitrogens with one attached hydrogen (secondary N) is 1. The summed E-state index contributed by atoms with van der Waals surface area (Å²) in [5, 5.41) is 14.9. The summed E-state index contributed by atoms with van der Waals surface area (Å²) in [6, 6.07) is 20.9. The van der Waals surface area contributed by atoms with E-state index in [1.807, 2.05) is 54.6 Å². The van der Waals surface area contributed by atoms with Crippen LogP contribution in [0.25, 0.3) is 10.8 Å². The van der Waals surface area contributed by atoms with Crippen molar-refractivity contribution in [3.05, 3.63) is 82.9 Å². The van der Waals surface area contributed by atoms with Gasteiger partial charge in [-0.2, -0.15) is 0 Å². The van der Waals surface area contributed by atoms with Crippen molar-refractivity contribution in [1.82, 2.24) is 15.1 Å². The highest BCUT2D eigenvalue weighted by Gasteiger charge is 2.32. The van der Waals surface area contributed by atoms with Crippen LogP contribution < -0.4 is 5.32 Å². The van der Waals surface area contributed by atoms with Crippen LogP contribution in [-0.2, 0) is 6.42 Å². The molecule has 5 rings (SSSR count). The largest absolute Gasteiger partial charge is 0.330 e. The van der Waals surface area contributed by atoms with E-state index in [1.54, 1.807) is 12.1 Å². The van der Waals surface area contributed by atoms with Crippen LogP contribution in [0.3, 0.4) is 0 Å². The quantitative estimate of drug-likeness (QED) is 0.464. The molecule has 7 heteroatoms. The highest BCUT2D eigenvalue weighted by Crippen LogP contribution is 2.30.